The van der Waals surface area contributed by atoms with E-state index in [0.717, 1.165) is 0 Å². The number of carbonyl (C=O) groups excluding carboxylic acids is 1. The lowest BCUT2D eigenvalue weighted by Crippen LogP contribution is -2.40. The highest BCUT2D eigenvalue weighted by atomic mass is 16.3. The van der Waals surface area contributed by atoms with Crippen molar-refractivity contribution in [2.75, 3.05) is 19.6 Å². The zero-order valence-electron chi connectivity index (χ0n) is 8.94. The van der Waals surface area contributed by atoms with E-state index in [1.165, 1.54) is 0 Å². The summed E-state index contributed by atoms with van der Waals surface area (Å²) in [4.78, 5) is 13.6. The van der Waals surface area contributed by atoms with Crippen molar-refractivity contribution in [1.82, 2.24) is 4.90 Å². The highest BCUT2D eigenvalue weighted by Crippen LogP contribution is 2.17. The van der Waals surface area contributed by atoms with E-state index in [-0.39, 0.29) is 23.8 Å². The highest BCUT2D eigenvalue weighted by molar-refractivity contribution is 5.79. The predicted molar refractivity (Wildman–Crippen MR) is 54.6 cm³/mol. The zero-order valence-corrected chi connectivity index (χ0v) is 8.94. The van der Waals surface area contributed by atoms with E-state index in [0.29, 0.717) is 26.1 Å². The Balaban J connectivity index is 2.55. The predicted octanol–water partition coefficient (Wildman–Crippen LogP) is -0.189. The third kappa shape index (κ3) is 2.45. The smallest absolute Gasteiger partial charge is 0.227 e. The second-order valence-corrected chi connectivity index (χ2v) is 4.31. The SMILES string of the molecule is CC(C)C(CN)C(=O)N1CC[C@@H](O)C1. The monoisotopic (exact) mass is 200 g/mol. The molecule has 1 fully saturated rings. The first-order valence-electron chi connectivity index (χ1n) is 5.23. The van der Waals surface area contributed by atoms with Gasteiger partial charge in [-0.25, -0.2) is 0 Å². The molecule has 82 valence electrons. The van der Waals surface area contributed by atoms with Gasteiger partial charge in [0, 0.05) is 19.6 Å². The van der Waals surface area contributed by atoms with Crippen molar-refractivity contribution >= 4 is 5.91 Å². The van der Waals surface area contributed by atoms with E-state index in [1.807, 2.05) is 13.8 Å². The van der Waals surface area contributed by atoms with Crippen LogP contribution < -0.4 is 5.73 Å². The van der Waals surface area contributed by atoms with Crippen LogP contribution in [0.5, 0.6) is 0 Å². The van der Waals surface area contributed by atoms with Crippen molar-refractivity contribution in [2.24, 2.45) is 17.6 Å². The molecule has 0 saturated carbocycles. The Morgan fingerprint density at radius 3 is 2.64 bits per heavy atom. The molecule has 0 radical (unpaired) electrons. The molecule has 0 aromatic carbocycles. The van der Waals surface area contributed by atoms with Crippen molar-refractivity contribution in [1.29, 1.82) is 0 Å². The Kier molecular flexibility index (Phi) is 3.89. The fourth-order valence-electron chi connectivity index (χ4n) is 1.83. The molecule has 4 heteroatoms. The lowest BCUT2D eigenvalue weighted by atomic mass is 9.94. The van der Waals surface area contributed by atoms with Gasteiger partial charge in [0.25, 0.3) is 0 Å². The first kappa shape index (κ1) is 11.5. The summed E-state index contributed by atoms with van der Waals surface area (Å²) in [7, 11) is 0. The lowest BCUT2D eigenvalue weighted by Gasteiger charge is -2.24. The largest absolute Gasteiger partial charge is 0.391 e. The van der Waals surface area contributed by atoms with Gasteiger partial charge in [0.05, 0.1) is 12.0 Å². The molecule has 0 aromatic rings. The summed E-state index contributed by atoms with van der Waals surface area (Å²) in [6.45, 7) is 5.54. The van der Waals surface area contributed by atoms with Crippen LogP contribution in [-0.2, 0) is 4.79 Å². The minimum Gasteiger partial charge on any atom is -0.391 e. The van der Waals surface area contributed by atoms with Crippen LogP contribution in [0.2, 0.25) is 0 Å². The molecule has 1 amide bonds. The molecule has 1 heterocycles. The summed E-state index contributed by atoms with van der Waals surface area (Å²) in [6, 6.07) is 0. The average Bonchev–Trinajstić information content (AvgIpc) is 2.52. The summed E-state index contributed by atoms with van der Waals surface area (Å²) in [5.74, 6) is 0.268. The number of nitrogens with two attached hydrogens (primary N) is 1. The molecule has 1 aliphatic heterocycles. The first-order valence-corrected chi connectivity index (χ1v) is 5.23. The van der Waals surface area contributed by atoms with Gasteiger partial charge in [-0.15, -0.1) is 0 Å². The molecule has 0 aromatic heterocycles. The number of rotatable bonds is 3. The first-order chi connectivity index (χ1) is 6.56. The third-order valence-corrected chi connectivity index (χ3v) is 2.85. The van der Waals surface area contributed by atoms with E-state index in [9.17, 15) is 9.90 Å². The summed E-state index contributed by atoms with van der Waals surface area (Å²) in [5, 5.41) is 9.32. The maximum atomic E-state index is 11.9. The summed E-state index contributed by atoms with van der Waals surface area (Å²) in [5.41, 5.74) is 5.57. The number of amides is 1. The quantitative estimate of drug-likeness (QED) is 0.663. The fraction of sp³-hybridized carbons (Fsp3) is 0.900. The van der Waals surface area contributed by atoms with Gasteiger partial charge in [-0.2, -0.15) is 0 Å². The lowest BCUT2D eigenvalue weighted by molar-refractivity contribution is -0.135. The average molecular weight is 200 g/mol. The normalized spacial score (nSPS) is 24.4. The summed E-state index contributed by atoms with van der Waals surface area (Å²) < 4.78 is 0. The number of aliphatic hydroxyl groups is 1. The standard InChI is InChI=1S/C10H20N2O2/c1-7(2)9(5-11)10(14)12-4-3-8(13)6-12/h7-9,13H,3-6,11H2,1-2H3/t8-,9?/m1/s1. The summed E-state index contributed by atoms with van der Waals surface area (Å²) >= 11 is 0. The molecule has 1 unspecified atom stereocenters. The van der Waals surface area contributed by atoms with Crippen LogP contribution in [-0.4, -0.2) is 41.7 Å². The number of carbonyl (C=O) groups is 1. The fourth-order valence-corrected chi connectivity index (χ4v) is 1.83. The Labute approximate surface area is 85.1 Å². The number of nitrogens with zero attached hydrogens (tertiary/aromatic N) is 1. The highest BCUT2D eigenvalue weighted by Gasteiger charge is 2.30. The second-order valence-electron chi connectivity index (χ2n) is 4.31. The van der Waals surface area contributed by atoms with Crippen LogP contribution in [0.3, 0.4) is 0 Å². The van der Waals surface area contributed by atoms with E-state index >= 15 is 0 Å². The number of hydrogen-bond acceptors (Lipinski definition) is 3. The molecule has 3 N–H and O–H groups in total. The van der Waals surface area contributed by atoms with Gasteiger partial charge in [0.2, 0.25) is 5.91 Å². The van der Waals surface area contributed by atoms with Crippen LogP contribution >= 0.6 is 0 Å². The van der Waals surface area contributed by atoms with Crippen LogP contribution in [0.15, 0.2) is 0 Å². The van der Waals surface area contributed by atoms with E-state index in [2.05, 4.69) is 0 Å². The Hall–Kier alpha value is -0.610. The molecular weight excluding hydrogens is 180 g/mol. The van der Waals surface area contributed by atoms with Crippen LogP contribution in [0.25, 0.3) is 0 Å². The molecule has 0 bridgehead atoms. The van der Waals surface area contributed by atoms with E-state index in [1.54, 1.807) is 4.90 Å². The van der Waals surface area contributed by atoms with Gasteiger partial charge >= 0.3 is 0 Å². The molecule has 4 nitrogen and oxygen atoms in total. The number of aliphatic hydroxyl groups excluding tert-OH is 1. The topological polar surface area (TPSA) is 66.6 Å². The molecule has 1 aliphatic rings. The molecule has 1 saturated heterocycles. The molecule has 14 heavy (non-hydrogen) atoms. The molecule has 0 spiro atoms. The number of likely N-dealkylation sites (tertiary alicyclic amines) is 1. The van der Waals surface area contributed by atoms with Gasteiger partial charge in [0.15, 0.2) is 0 Å². The van der Waals surface area contributed by atoms with Crippen LogP contribution in [0.1, 0.15) is 20.3 Å². The summed E-state index contributed by atoms with van der Waals surface area (Å²) in [6.07, 6.45) is 0.353. The maximum Gasteiger partial charge on any atom is 0.227 e. The van der Waals surface area contributed by atoms with Gasteiger partial charge < -0.3 is 15.7 Å². The zero-order chi connectivity index (χ0) is 10.7. The molecule has 0 aliphatic carbocycles. The van der Waals surface area contributed by atoms with Crippen molar-refractivity contribution < 1.29 is 9.90 Å². The third-order valence-electron chi connectivity index (χ3n) is 2.85. The van der Waals surface area contributed by atoms with Crippen molar-refractivity contribution in [3.8, 4) is 0 Å². The minimum atomic E-state index is -0.343. The van der Waals surface area contributed by atoms with Crippen molar-refractivity contribution in [3.05, 3.63) is 0 Å². The van der Waals surface area contributed by atoms with Crippen LogP contribution in [0, 0.1) is 11.8 Å². The molecule has 2 atom stereocenters. The Bertz CT molecular complexity index is 206. The van der Waals surface area contributed by atoms with Crippen LogP contribution in [0.4, 0.5) is 0 Å². The maximum absolute atomic E-state index is 11.9. The molecular formula is C10H20N2O2. The number of β-amino-alcohol motifs (C(OH)–C–C–N with tert-alkyl or cyclic N) is 1. The van der Waals surface area contributed by atoms with Gasteiger partial charge in [-0.05, 0) is 12.3 Å². The molecule has 1 rings (SSSR count). The van der Waals surface area contributed by atoms with E-state index < -0.39 is 0 Å². The Morgan fingerprint density at radius 2 is 2.29 bits per heavy atom. The van der Waals surface area contributed by atoms with Crippen molar-refractivity contribution in [2.45, 2.75) is 26.4 Å². The second kappa shape index (κ2) is 4.75. The number of hydrogen-bond donors (Lipinski definition) is 2. The van der Waals surface area contributed by atoms with E-state index in [4.69, 9.17) is 5.73 Å². The van der Waals surface area contributed by atoms with Crippen molar-refractivity contribution in [3.63, 3.8) is 0 Å². The van der Waals surface area contributed by atoms with Gasteiger partial charge in [0.1, 0.15) is 0 Å². The van der Waals surface area contributed by atoms with Gasteiger partial charge in [-0.1, -0.05) is 13.8 Å². The minimum absolute atomic E-state index is 0.0963. The Morgan fingerprint density at radius 1 is 1.64 bits per heavy atom. The van der Waals surface area contributed by atoms with Gasteiger partial charge in [-0.3, -0.25) is 4.79 Å².